The van der Waals surface area contributed by atoms with E-state index in [1.165, 1.54) is 57.8 Å². The highest BCUT2D eigenvalue weighted by molar-refractivity contribution is 8.00. The average Bonchev–Trinajstić information content (AvgIpc) is 3.37. The lowest BCUT2D eigenvalue weighted by Crippen LogP contribution is -2.08. The number of nitrogens with zero attached hydrogens (tertiary/aromatic N) is 6. The van der Waals surface area contributed by atoms with E-state index in [9.17, 15) is 0 Å². The zero-order valence-corrected chi connectivity index (χ0v) is 20.1. The van der Waals surface area contributed by atoms with E-state index in [2.05, 4.69) is 21.0 Å². The first-order chi connectivity index (χ1) is 16.3. The van der Waals surface area contributed by atoms with E-state index in [1.807, 2.05) is 35.7 Å². The molecule has 0 saturated heterocycles. The summed E-state index contributed by atoms with van der Waals surface area (Å²) in [6, 6.07) is 6.06. The Morgan fingerprint density at radius 1 is 0.667 bits per heavy atom. The molecule has 0 aliphatic heterocycles. The molecule has 8 heteroatoms. The second-order valence-electron chi connectivity index (χ2n) is 8.87. The first-order valence-electron chi connectivity index (χ1n) is 11.9. The van der Waals surface area contributed by atoms with Crippen molar-refractivity contribution >= 4 is 45.6 Å². The summed E-state index contributed by atoms with van der Waals surface area (Å²) >= 11 is 3.75. The minimum absolute atomic E-state index is 0.595. The summed E-state index contributed by atoms with van der Waals surface area (Å²) in [5, 5.41) is 5.22. The zero-order chi connectivity index (χ0) is 22.0. The zero-order valence-electron chi connectivity index (χ0n) is 18.5. The Bertz CT molecular complexity index is 1280. The Morgan fingerprint density at radius 3 is 2.21 bits per heavy atom. The van der Waals surface area contributed by atoms with Crippen molar-refractivity contribution in [2.24, 2.45) is 0 Å². The molecular weight excluding hydrogens is 448 g/mol. The maximum Gasteiger partial charge on any atom is 0.164 e. The number of pyridine rings is 2. The van der Waals surface area contributed by atoms with Gasteiger partial charge in [0.05, 0.1) is 10.8 Å². The molecule has 0 atom stereocenters. The van der Waals surface area contributed by atoms with Crippen LogP contribution in [0.5, 0.6) is 0 Å². The lowest BCUT2D eigenvalue weighted by Gasteiger charge is -2.21. The van der Waals surface area contributed by atoms with Gasteiger partial charge in [0, 0.05) is 28.5 Å². The van der Waals surface area contributed by atoms with Crippen LogP contribution in [-0.4, -0.2) is 40.4 Å². The highest BCUT2D eigenvalue weighted by Crippen LogP contribution is 2.40. The Hall–Kier alpha value is -2.32. The summed E-state index contributed by atoms with van der Waals surface area (Å²) in [6.07, 6.45) is 16.8. The van der Waals surface area contributed by atoms with Gasteiger partial charge in [-0.3, -0.25) is 0 Å². The molecule has 2 aliphatic carbocycles. The quantitative estimate of drug-likeness (QED) is 0.304. The molecule has 2 aliphatic rings. The van der Waals surface area contributed by atoms with Gasteiger partial charge in [-0.25, -0.2) is 29.9 Å². The van der Waals surface area contributed by atoms with E-state index in [1.54, 1.807) is 18.7 Å². The van der Waals surface area contributed by atoms with Crippen molar-refractivity contribution in [3.05, 3.63) is 36.9 Å². The summed E-state index contributed by atoms with van der Waals surface area (Å²) in [5.74, 6) is 0.689. The standard InChI is InChI=1S/C25H26N6S2/c1-2-7-17(8-3-1)33-25-20-18(12-14-27-23(20)28-15-29-25)22-30-21-19(11-6-13-26-21)24(31-22)32-16-9-4-5-10-16/h6,11-17H,1-5,7-10H2. The smallest absolute Gasteiger partial charge is 0.164 e. The van der Waals surface area contributed by atoms with Crippen LogP contribution in [0.1, 0.15) is 57.8 Å². The Kier molecular flexibility index (Phi) is 6.11. The van der Waals surface area contributed by atoms with E-state index in [4.69, 9.17) is 15.0 Å². The van der Waals surface area contributed by atoms with E-state index in [0.29, 0.717) is 22.0 Å². The molecule has 6 nitrogen and oxygen atoms in total. The number of hydrogen-bond acceptors (Lipinski definition) is 8. The Balaban J connectivity index is 1.47. The van der Waals surface area contributed by atoms with Gasteiger partial charge in [-0.2, -0.15) is 0 Å². The lowest BCUT2D eigenvalue weighted by molar-refractivity contribution is 0.516. The molecule has 6 rings (SSSR count). The minimum atomic E-state index is 0.595. The number of hydrogen-bond donors (Lipinski definition) is 0. The van der Waals surface area contributed by atoms with Gasteiger partial charge >= 0.3 is 0 Å². The van der Waals surface area contributed by atoms with Crippen molar-refractivity contribution in [3.8, 4) is 11.4 Å². The molecule has 0 bridgehead atoms. The predicted octanol–water partition coefficient (Wildman–Crippen LogP) is 6.49. The van der Waals surface area contributed by atoms with Crippen LogP contribution in [0, 0.1) is 0 Å². The molecular formula is C25H26N6S2. The summed E-state index contributed by atoms with van der Waals surface area (Å²) in [5.41, 5.74) is 2.39. The number of fused-ring (bicyclic) bond motifs is 2. The van der Waals surface area contributed by atoms with Crippen LogP contribution < -0.4 is 0 Å². The molecule has 33 heavy (non-hydrogen) atoms. The third-order valence-electron chi connectivity index (χ3n) is 6.59. The summed E-state index contributed by atoms with van der Waals surface area (Å²) < 4.78 is 0. The van der Waals surface area contributed by atoms with Crippen molar-refractivity contribution in [2.45, 2.75) is 78.3 Å². The molecule has 0 unspecified atom stereocenters. The molecule has 4 aromatic heterocycles. The Labute approximate surface area is 201 Å². The van der Waals surface area contributed by atoms with Crippen LogP contribution in [0.4, 0.5) is 0 Å². The van der Waals surface area contributed by atoms with Crippen LogP contribution in [0.3, 0.4) is 0 Å². The van der Waals surface area contributed by atoms with Gasteiger partial charge in [-0.1, -0.05) is 32.1 Å². The number of aromatic nitrogens is 6. The number of thioether (sulfide) groups is 2. The van der Waals surface area contributed by atoms with Crippen molar-refractivity contribution in [1.29, 1.82) is 0 Å². The largest absolute Gasteiger partial charge is 0.236 e. The first-order valence-corrected chi connectivity index (χ1v) is 13.7. The molecule has 2 fully saturated rings. The molecule has 4 aromatic rings. The molecule has 0 spiro atoms. The average molecular weight is 475 g/mol. The van der Waals surface area contributed by atoms with Crippen LogP contribution in [0.2, 0.25) is 0 Å². The monoisotopic (exact) mass is 474 g/mol. The molecule has 0 radical (unpaired) electrons. The third kappa shape index (κ3) is 4.43. The normalized spacial score (nSPS) is 17.8. The fraction of sp³-hybridized carbons (Fsp3) is 0.440. The molecule has 4 heterocycles. The SMILES string of the molecule is c1cnc2nc(-c3ccnc4ncnc(SC5CCCCC5)c34)nc(SC3CCCC3)c2c1. The van der Waals surface area contributed by atoms with Crippen LogP contribution in [0.15, 0.2) is 47.0 Å². The second kappa shape index (κ2) is 9.50. The summed E-state index contributed by atoms with van der Waals surface area (Å²) in [4.78, 5) is 28.3. The Morgan fingerprint density at radius 2 is 1.39 bits per heavy atom. The van der Waals surface area contributed by atoms with Crippen LogP contribution in [0.25, 0.3) is 33.5 Å². The third-order valence-corrected chi connectivity index (χ3v) is 9.26. The van der Waals surface area contributed by atoms with Gasteiger partial charge in [0.15, 0.2) is 17.1 Å². The fourth-order valence-corrected chi connectivity index (χ4v) is 7.51. The maximum atomic E-state index is 5.09. The molecule has 0 N–H and O–H groups in total. The van der Waals surface area contributed by atoms with E-state index in [-0.39, 0.29) is 0 Å². The molecule has 0 amide bonds. The van der Waals surface area contributed by atoms with Gasteiger partial charge in [-0.05, 0) is 43.9 Å². The van der Waals surface area contributed by atoms with Gasteiger partial charge in [-0.15, -0.1) is 23.5 Å². The topological polar surface area (TPSA) is 77.3 Å². The lowest BCUT2D eigenvalue weighted by atomic mass is 10.0. The molecule has 2 saturated carbocycles. The fourth-order valence-electron chi connectivity index (χ4n) is 4.89. The number of rotatable bonds is 5. The summed E-state index contributed by atoms with van der Waals surface area (Å²) in [6.45, 7) is 0. The first kappa shape index (κ1) is 21.2. The maximum absolute atomic E-state index is 5.09. The highest BCUT2D eigenvalue weighted by atomic mass is 32.2. The molecule has 168 valence electrons. The van der Waals surface area contributed by atoms with Gasteiger partial charge in [0.2, 0.25) is 0 Å². The minimum Gasteiger partial charge on any atom is -0.236 e. The van der Waals surface area contributed by atoms with Gasteiger partial charge in [0.1, 0.15) is 16.4 Å². The highest BCUT2D eigenvalue weighted by Gasteiger charge is 2.23. The van der Waals surface area contributed by atoms with E-state index in [0.717, 1.165) is 32.0 Å². The van der Waals surface area contributed by atoms with Crippen molar-refractivity contribution < 1.29 is 0 Å². The van der Waals surface area contributed by atoms with Crippen LogP contribution in [-0.2, 0) is 0 Å². The van der Waals surface area contributed by atoms with E-state index < -0.39 is 0 Å². The van der Waals surface area contributed by atoms with E-state index >= 15 is 0 Å². The van der Waals surface area contributed by atoms with Crippen LogP contribution >= 0.6 is 23.5 Å². The van der Waals surface area contributed by atoms with Gasteiger partial charge in [0.25, 0.3) is 0 Å². The second-order valence-corrected chi connectivity index (χ2v) is 11.4. The van der Waals surface area contributed by atoms with Crippen molar-refractivity contribution in [2.75, 3.05) is 0 Å². The van der Waals surface area contributed by atoms with Gasteiger partial charge < -0.3 is 0 Å². The predicted molar refractivity (Wildman–Crippen MR) is 135 cm³/mol. The van der Waals surface area contributed by atoms with Crippen molar-refractivity contribution in [3.63, 3.8) is 0 Å². The summed E-state index contributed by atoms with van der Waals surface area (Å²) in [7, 11) is 0. The molecule has 0 aromatic carbocycles. The van der Waals surface area contributed by atoms with Crippen molar-refractivity contribution in [1.82, 2.24) is 29.9 Å².